The van der Waals surface area contributed by atoms with Crippen LogP contribution >= 0.6 is 17.0 Å². The van der Waals surface area contributed by atoms with Gasteiger partial charge in [0, 0.05) is 0 Å². The van der Waals surface area contributed by atoms with E-state index in [1.54, 1.807) is 0 Å². The molecule has 0 aliphatic heterocycles. The maximum atomic E-state index is 13.3. The van der Waals surface area contributed by atoms with Crippen LogP contribution in [0.5, 0.6) is 0 Å². The van der Waals surface area contributed by atoms with Gasteiger partial charge in [-0.3, -0.25) is 0 Å². The first-order chi connectivity index (χ1) is 22.1. The predicted octanol–water partition coefficient (Wildman–Crippen LogP) is 9.67. The SMILES string of the molecule is CCC(=O)[NH][In]([NH]C(=O)CC)[Zr]([Cl])([Cl])([CH]1C(C)=Cc2c(-c3ccccc3)cccc21)[CH]1C(C)=Cc2c(-c3ccccc3)cccc21. The standard InChI is InChI=1S/2C16H13.2C3H7NO.2ClH.In.Zr/c2*1-12-10-14-8-5-9-15(16(14)11-12)13-6-3-2-4-7-13;2*1-2-3(4)5;;;;/h2*2-11H,1H3;2*2H2,1H3,(H2,4,5);2*1H;;/q;;;;;;2*+2/p-4. The molecule has 0 saturated heterocycles. The zero-order chi connectivity index (χ0) is 32.7. The van der Waals surface area contributed by atoms with Crippen LogP contribution in [0.25, 0.3) is 34.4 Å². The van der Waals surface area contributed by atoms with Crippen LogP contribution in [-0.4, -0.2) is 29.1 Å². The molecule has 4 aromatic rings. The summed E-state index contributed by atoms with van der Waals surface area (Å²) in [5.74, 6) is -0.232. The Bertz CT molecular complexity index is 1760. The Kier molecular flexibility index (Phi) is 9.67. The molecule has 233 valence electrons. The molecular weight excluding hydrogens is 793 g/mol. The molecule has 46 heavy (non-hydrogen) atoms. The third-order valence-electron chi connectivity index (χ3n) is 9.63. The van der Waals surface area contributed by atoms with E-state index in [2.05, 4.69) is 93.3 Å². The van der Waals surface area contributed by atoms with Crippen molar-refractivity contribution < 1.29 is 21.3 Å². The molecule has 0 spiro atoms. The van der Waals surface area contributed by atoms with Gasteiger partial charge in [-0.1, -0.05) is 0 Å². The summed E-state index contributed by atoms with van der Waals surface area (Å²) in [5.41, 5.74) is 11.1. The van der Waals surface area contributed by atoms with Gasteiger partial charge in [0.2, 0.25) is 0 Å². The Balaban J connectivity index is 1.63. The molecule has 8 heteroatoms. The van der Waals surface area contributed by atoms with Crippen LogP contribution in [0.3, 0.4) is 0 Å². The Hall–Kier alpha value is -2.37. The molecular formula is C38H38Cl2InN2O2Zr. The molecule has 0 bridgehead atoms. The average Bonchev–Trinajstić information content (AvgIpc) is 3.61. The molecule has 2 amide bonds. The molecule has 2 aliphatic carbocycles. The minimum absolute atomic E-state index is 0.116. The van der Waals surface area contributed by atoms with Crippen molar-refractivity contribution in [3.63, 3.8) is 0 Å². The summed E-state index contributed by atoms with van der Waals surface area (Å²) in [4.78, 5) is 26.6. The predicted molar refractivity (Wildman–Crippen MR) is 191 cm³/mol. The van der Waals surface area contributed by atoms with Gasteiger partial charge in [0.1, 0.15) is 0 Å². The summed E-state index contributed by atoms with van der Waals surface area (Å²) in [6.07, 6.45) is 5.05. The molecule has 4 aromatic carbocycles. The van der Waals surface area contributed by atoms with Gasteiger partial charge in [-0.05, 0) is 0 Å². The molecule has 6 rings (SSSR count). The number of carbonyl (C=O) groups excluding carboxylic acids is 2. The molecule has 0 aromatic heterocycles. The molecule has 0 fully saturated rings. The van der Waals surface area contributed by atoms with E-state index >= 15 is 0 Å². The maximum absolute atomic E-state index is 13.3. The molecule has 4 nitrogen and oxygen atoms in total. The van der Waals surface area contributed by atoms with Crippen molar-refractivity contribution in [1.29, 1.82) is 0 Å². The third kappa shape index (κ3) is 5.72. The third-order valence-corrected chi connectivity index (χ3v) is 82.1. The van der Waals surface area contributed by atoms with E-state index in [1.165, 1.54) is 0 Å². The second kappa shape index (κ2) is 13.3. The van der Waals surface area contributed by atoms with Crippen molar-refractivity contribution in [2.75, 3.05) is 0 Å². The number of hydrogen-bond acceptors (Lipinski definition) is 2. The Morgan fingerprint density at radius 3 is 1.39 bits per heavy atom. The van der Waals surface area contributed by atoms with Crippen molar-refractivity contribution in [2.24, 2.45) is 0 Å². The van der Waals surface area contributed by atoms with Gasteiger partial charge in [-0.15, -0.1) is 0 Å². The van der Waals surface area contributed by atoms with Crippen LogP contribution in [0, 0.1) is 0 Å². The summed E-state index contributed by atoms with van der Waals surface area (Å²) < 4.78 is 6.17. The summed E-state index contributed by atoms with van der Waals surface area (Å²) in [7, 11) is 17.1. The van der Waals surface area contributed by atoms with Crippen LogP contribution in [-0.2, 0) is 21.3 Å². The van der Waals surface area contributed by atoms with Crippen molar-refractivity contribution >= 4 is 58.3 Å². The average molecular weight is 832 g/mol. The molecule has 0 radical (unpaired) electrons. The summed E-state index contributed by atoms with van der Waals surface area (Å²) in [6.45, 7) is 7.91. The second-order valence-corrected chi connectivity index (χ2v) is 79.5. The topological polar surface area (TPSA) is 58.2 Å². The summed E-state index contributed by atoms with van der Waals surface area (Å²) in [6, 6.07) is 33.5. The van der Waals surface area contributed by atoms with Gasteiger partial charge >= 0.3 is 287 Å². The Morgan fingerprint density at radius 2 is 1.02 bits per heavy atom. The van der Waals surface area contributed by atoms with E-state index in [1.807, 2.05) is 50.2 Å². The number of hydrogen-bond donors (Lipinski definition) is 2. The van der Waals surface area contributed by atoms with Crippen LogP contribution < -0.4 is 6.61 Å². The molecule has 0 saturated carbocycles. The quantitative estimate of drug-likeness (QED) is 0.177. The van der Waals surface area contributed by atoms with Crippen molar-refractivity contribution in [3.05, 3.63) is 130 Å². The van der Waals surface area contributed by atoms with Gasteiger partial charge in [0.25, 0.3) is 0 Å². The number of fused-ring (bicyclic) bond motifs is 2. The number of halogens is 2. The van der Waals surface area contributed by atoms with Crippen LogP contribution in [0.15, 0.2) is 108 Å². The number of allylic oxidation sites excluding steroid dienone is 2. The number of carbonyl (C=O) groups is 2. The molecule has 2 aliphatic rings. The fraction of sp³-hybridized carbons (Fsp3) is 0.211. The number of benzene rings is 4. The molecule has 2 N–H and O–H groups in total. The van der Waals surface area contributed by atoms with Gasteiger partial charge in [-0.2, -0.15) is 0 Å². The van der Waals surface area contributed by atoms with Gasteiger partial charge < -0.3 is 0 Å². The van der Waals surface area contributed by atoms with E-state index < -0.39 is 29.0 Å². The molecule has 2 unspecified atom stereocenters. The molecule has 2 atom stereocenters. The first-order valence-electron chi connectivity index (χ1n) is 16.0. The Morgan fingerprint density at radius 1 is 0.630 bits per heavy atom. The number of nitrogens with one attached hydrogen (secondary N) is 2. The summed E-state index contributed by atoms with van der Waals surface area (Å²) >= 11 is -9.54. The van der Waals surface area contributed by atoms with Crippen LogP contribution in [0.1, 0.15) is 70.0 Å². The first kappa shape index (κ1) is 33.5. The first-order valence-corrected chi connectivity index (χ1v) is 39.6. The Labute approximate surface area is 283 Å². The second-order valence-electron chi connectivity index (χ2n) is 12.5. The van der Waals surface area contributed by atoms with Gasteiger partial charge in [0.05, 0.1) is 0 Å². The van der Waals surface area contributed by atoms with Crippen molar-refractivity contribution in [3.8, 4) is 22.3 Å². The van der Waals surface area contributed by atoms with Gasteiger partial charge in [-0.25, -0.2) is 0 Å². The van der Waals surface area contributed by atoms with E-state index in [-0.39, 0.29) is 31.9 Å². The zero-order valence-electron chi connectivity index (χ0n) is 26.6. The fourth-order valence-corrected chi connectivity index (χ4v) is 79.8. The zero-order valence-corrected chi connectivity index (χ0v) is 33.9. The van der Waals surface area contributed by atoms with Crippen LogP contribution in [0.4, 0.5) is 0 Å². The van der Waals surface area contributed by atoms with E-state index in [9.17, 15) is 9.59 Å². The monoisotopic (exact) mass is 829 g/mol. The van der Waals surface area contributed by atoms with Gasteiger partial charge in [0.15, 0.2) is 0 Å². The molecule has 0 heterocycles. The normalized spacial score (nSPS) is 17.6. The summed E-state index contributed by atoms with van der Waals surface area (Å²) in [5, 5.41) is 0. The number of amides is 2. The van der Waals surface area contributed by atoms with Crippen molar-refractivity contribution in [1.82, 2.24) is 6.61 Å². The number of rotatable bonds is 9. The van der Waals surface area contributed by atoms with Crippen molar-refractivity contribution in [2.45, 2.75) is 47.8 Å². The van der Waals surface area contributed by atoms with Crippen LogP contribution in [0.2, 0.25) is 0 Å². The fourth-order valence-electron chi connectivity index (χ4n) is 7.65. The minimum atomic E-state index is -5.56. The van der Waals surface area contributed by atoms with E-state index in [0.29, 0.717) is 0 Å². The van der Waals surface area contributed by atoms with E-state index in [4.69, 9.17) is 17.0 Å². The van der Waals surface area contributed by atoms with E-state index in [0.717, 1.165) is 55.7 Å².